The molecule has 9 nitrogen and oxygen atoms in total. The maximum Gasteiger partial charge on any atom is 0.197 e. The highest BCUT2D eigenvalue weighted by Crippen LogP contribution is 2.38. The fourth-order valence-electron chi connectivity index (χ4n) is 4.93. The smallest absolute Gasteiger partial charge is 0.197 e. The zero-order valence-corrected chi connectivity index (χ0v) is 26.3. The Hall–Kier alpha value is -4.39. The molecule has 230 valence electrons. The second kappa shape index (κ2) is 13.3. The van der Waals surface area contributed by atoms with Crippen molar-refractivity contribution in [1.82, 2.24) is 15.0 Å². The molecule has 1 atom stereocenters. The normalized spacial score (nSPS) is 16.0. The van der Waals surface area contributed by atoms with Crippen LogP contribution in [0.5, 0.6) is 5.75 Å². The Labute approximate surface area is 268 Å². The van der Waals surface area contributed by atoms with Gasteiger partial charge < -0.3 is 19.5 Å². The Kier molecular flexibility index (Phi) is 9.06. The van der Waals surface area contributed by atoms with Gasteiger partial charge in [0.2, 0.25) is 0 Å². The molecule has 3 heterocycles. The number of sulfone groups is 1. The number of rotatable bonds is 12. The summed E-state index contributed by atoms with van der Waals surface area (Å²) in [5, 5.41) is 4.16. The molecule has 0 saturated carbocycles. The van der Waals surface area contributed by atoms with E-state index in [0.29, 0.717) is 18.0 Å². The van der Waals surface area contributed by atoms with E-state index in [0.717, 1.165) is 32.2 Å². The van der Waals surface area contributed by atoms with Crippen LogP contribution >= 0.6 is 15.9 Å². The molecule has 1 aliphatic heterocycles. The summed E-state index contributed by atoms with van der Waals surface area (Å²) in [5.74, 6) is 0.694. The first-order valence-corrected chi connectivity index (χ1v) is 16.5. The molecule has 0 radical (unpaired) electrons. The van der Waals surface area contributed by atoms with E-state index in [1.165, 1.54) is 30.7 Å². The van der Waals surface area contributed by atoms with Crippen LogP contribution in [0.25, 0.3) is 10.9 Å². The molecule has 2 aromatic heterocycles. The molecule has 3 aromatic carbocycles. The summed E-state index contributed by atoms with van der Waals surface area (Å²) in [6.45, 7) is 0.360. The fourth-order valence-corrected chi connectivity index (χ4v) is 6.48. The predicted octanol–water partition coefficient (Wildman–Crippen LogP) is 6.87. The van der Waals surface area contributed by atoms with Gasteiger partial charge in [-0.05, 0) is 87.7 Å². The lowest BCUT2D eigenvalue weighted by molar-refractivity contribution is -0.0418. The summed E-state index contributed by atoms with van der Waals surface area (Å²) in [4.78, 5) is 12.9. The molecule has 1 N–H and O–H groups in total. The zero-order valence-electron chi connectivity index (χ0n) is 23.9. The van der Waals surface area contributed by atoms with Gasteiger partial charge in [-0.25, -0.2) is 27.8 Å². The van der Waals surface area contributed by atoms with Gasteiger partial charge in [-0.15, -0.1) is 0 Å². The average molecular weight is 692 g/mol. The van der Waals surface area contributed by atoms with E-state index in [4.69, 9.17) is 14.2 Å². The van der Waals surface area contributed by atoms with Crippen LogP contribution in [0.4, 0.5) is 15.9 Å². The summed E-state index contributed by atoms with van der Waals surface area (Å²) in [6, 6.07) is 22.4. The van der Waals surface area contributed by atoms with Gasteiger partial charge in [-0.1, -0.05) is 24.3 Å². The van der Waals surface area contributed by atoms with Gasteiger partial charge in [0, 0.05) is 23.7 Å². The number of fused-ring (bicyclic) bond motifs is 1. The van der Waals surface area contributed by atoms with Crippen molar-refractivity contribution in [2.45, 2.75) is 23.7 Å². The highest BCUT2D eigenvalue weighted by atomic mass is 79.9. The van der Waals surface area contributed by atoms with Gasteiger partial charge in [0.25, 0.3) is 0 Å². The summed E-state index contributed by atoms with van der Waals surface area (Å²) < 4.78 is 57.3. The van der Waals surface area contributed by atoms with Crippen molar-refractivity contribution in [2.75, 3.05) is 24.3 Å². The fraction of sp³-hybridized carbons (Fsp3) is 0.182. The largest absolute Gasteiger partial charge is 0.488 e. The van der Waals surface area contributed by atoms with Gasteiger partial charge >= 0.3 is 0 Å². The maximum atomic E-state index is 13.5. The zero-order chi connectivity index (χ0) is 31.3. The van der Waals surface area contributed by atoms with Gasteiger partial charge in [0.1, 0.15) is 30.3 Å². The lowest BCUT2D eigenvalue weighted by Crippen LogP contribution is -2.32. The number of ether oxygens (including phenoxy) is 3. The molecule has 0 bridgehead atoms. The van der Waals surface area contributed by atoms with E-state index >= 15 is 0 Å². The highest BCUT2D eigenvalue weighted by molar-refractivity contribution is 9.10. The second-order valence-corrected chi connectivity index (χ2v) is 13.3. The highest BCUT2D eigenvalue weighted by Gasteiger charge is 2.36. The van der Waals surface area contributed by atoms with Crippen LogP contribution in [0.1, 0.15) is 17.5 Å². The Morgan fingerprint density at radius 1 is 1.00 bits per heavy atom. The standard InChI is InChI=1S/C33H28BrFN4O5S/c34-28-19-26(9-11-30(28)43-20-23-5-3-6-25(35)17-23)39-32-27-18-24(8-10-29(27)37-22-38-32)33(12-4-14-44-33)21-42-15-16-45(40,41)31-7-1-2-13-36-31/h1-11,13-14,17-19,22H,12,15-16,20-21H2,(H,37,38,39). The van der Waals surface area contributed by atoms with Gasteiger partial charge in [0.05, 0.1) is 35.2 Å². The van der Waals surface area contributed by atoms with Gasteiger partial charge in [-0.2, -0.15) is 0 Å². The molecule has 0 aliphatic carbocycles. The van der Waals surface area contributed by atoms with Crippen molar-refractivity contribution in [3.8, 4) is 5.75 Å². The number of nitrogens with one attached hydrogen (secondary N) is 1. The molecule has 1 aliphatic rings. The van der Waals surface area contributed by atoms with Crippen LogP contribution in [0, 0.1) is 5.82 Å². The van der Waals surface area contributed by atoms with E-state index in [2.05, 4.69) is 36.2 Å². The van der Waals surface area contributed by atoms with E-state index in [-0.39, 0.29) is 36.4 Å². The van der Waals surface area contributed by atoms with Crippen molar-refractivity contribution in [1.29, 1.82) is 0 Å². The summed E-state index contributed by atoms with van der Waals surface area (Å²) >= 11 is 3.57. The van der Waals surface area contributed by atoms with E-state index in [1.807, 2.05) is 42.5 Å². The topological polar surface area (TPSA) is 113 Å². The second-order valence-electron chi connectivity index (χ2n) is 10.4. The first kappa shape index (κ1) is 30.6. The van der Waals surface area contributed by atoms with Gasteiger partial charge in [-0.3, -0.25) is 0 Å². The molecule has 1 unspecified atom stereocenters. The lowest BCUT2D eigenvalue weighted by atomic mass is 9.91. The molecule has 0 spiro atoms. The molecule has 5 aromatic rings. The number of pyridine rings is 1. The molecule has 6 rings (SSSR count). The third-order valence-electron chi connectivity index (χ3n) is 7.26. The van der Waals surface area contributed by atoms with E-state index in [1.54, 1.807) is 30.5 Å². The quantitative estimate of drug-likeness (QED) is 0.140. The molecule has 45 heavy (non-hydrogen) atoms. The average Bonchev–Trinajstić information content (AvgIpc) is 3.53. The molecular formula is C33H28BrFN4O5S. The van der Waals surface area contributed by atoms with E-state index < -0.39 is 15.4 Å². The Morgan fingerprint density at radius 3 is 2.69 bits per heavy atom. The van der Waals surface area contributed by atoms with Crippen molar-refractivity contribution in [3.05, 3.63) is 125 Å². The number of aromatic nitrogens is 3. The number of halogens is 2. The number of nitrogens with zero attached hydrogens (tertiary/aromatic N) is 3. The minimum absolute atomic E-state index is 0.00958. The number of hydrogen-bond acceptors (Lipinski definition) is 9. The third-order valence-corrected chi connectivity index (χ3v) is 9.47. The minimum Gasteiger partial charge on any atom is -0.488 e. The van der Waals surface area contributed by atoms with Gasteiger partial charge in [0.15, 0.2) is 20.5 Å². The van der Waals surface area contributed by atoms with Crippen LogP contribution in [0.2, 0.25) is 0 Å². The van der Waals surface area contributed by atoms with Crippen molar-refractivity contribution >= 4 is 48.2 Å². The van der Waals surface area contributed by atoms with Crippen LogP contribution in [0.15, 0.2) is 113 Å². The molecule has 0 fully saturated rings. The minimum atomic E-state index is -3.57. The monoisotopic (exact) mass is 690 g/mol. The number of anilines is 2. The first-order chi connectivity index (χ1) is 21.8. The lowest BCUT2D eigenvalue weighted by Gasteiger charge is -2.29. The summed E-state index contributed by atoms with van der Waals surface area (Å²) in [5.41, 5.74) is 2.23. The van der Waals surface area contributed by atoms with Crippen LogP contribution in [-0.4, -0.2) is 42.3 Å². The molecular weight excluding hydrogens is 663 g/mol. The molecule has 0 saturated heterocycles. The number of benzene rings is 3. The van der Waals surface area contributed by atoms with Crippen LogP contribution < -0.4 is 10.1 Å². The Morgan fingerprint density at radius 2 is 1.91 bits per heavy atom. The maximum absolute atomic E-state index is 13.5. The number of hydrogen-bond donors (Lipinski definition) is 1. The van der Waals surface area contributed by atoms with Crippen LogP contribution in [-0.2, 0) is 31.5 Å². The predicted molar refractivity (Wildman–Crippen MR) is 171 cm³/mol. The van der Waals surface area contributed by atoms with Crippen molar-refractivity contribution < 1.29 is 27.0 Å². The summed E-state index contributed by atoms with van der Waals surface area (Å²) in [7, 11) is -3.57. The van der Waals surface area contributed by atoms with Crippen molar-refractivity contribution in [3.63, 3.8) is 0 Å². The SMILES string of the molecule is O=S(=O)(CCOCC1(c2ccc3ncnc(Nc4ccc(OCc5cccc(F)c5)c(Br)c4)c3c2)CC=CO1)c1ccccn1. The molecule has 0 amide bonds. The Balaban J connectivity index is 1.17. The van der Waals surface area contributed by atoms with Crippen molar-refractivity contribution in [2.24, 2.45) is 0 Å². The first-order valence-electron chi connectivity index (χ1n) is 14.0. The van der Waals surface area contributed by atoms with E-state index in [9.17, 15) is 12.8 Å². The Bertz CT molecular complexity index is 1950. The summed E-state index contributed by atoms with van der Waals surface area (Å²) in [6.07, 6.45) is 7.03. The third kappa shape index (κ3) is 7.14. The molecule has 12 heteroatoms. The van der Waals surface area contributed by atoms with Crippen LogP contribution in [0.3, 0.4) is 0 Å².